The van der Waals surface area contributed by atoms with E-state index in [-0.39, 0.29) is 22.0 Å². The van der Waals surface area contributed by atoms with E-state index in [4.69, 9.17) is 11.6 Å². The summed E-state index contributed by atoms with van der Waals surface area (Å²) < 4.78 is 28.8. The van der Waals surface area contributed by atoms with Crippen LogP contribution in [0.25, 0.3) is 10.2 Å². The molecule has 1 aromatic heterocycles. The number of thiazole rings is 1. The molecule has 2 aromatic carbocycles. The third kappa shape index (κ3) is 4.88. The number of fused-ring (bicyclic) bond motifs is 1. The molecule has 0 aliphatic carbocycles. The summed E-state index contributed by atoms with van der Waals surface area (Å²) in [4.78, 5) is 16.9. The average Bonchev–Trinajstić information content (AvgIpc) is 3.00. The van der Waals surface area contributed by atoms with Gasteiger partial charge in [-0.05, 0) is 51.1 Å². The van der Waals surface area contributed by atoms with Gasteiger partial charge in [-0.15, -0.1) is 11.3 Å². The van der Waals surface area contributed by atoms with Crippen molar-refractivity contribution in [3.63, 3.8) is 0 Å². The number of halogens is 1. The Morgan fingerprint density at radius 3 is 2.57 bits per heavy atom. The number of benzene rings is 2. The van der Waals surface area contributed by atoms with Crippen LogP contribution >= 0.6 is 22.9 Å². The van der Waals surface area contributed by atoms with Crippen LogP contribution in [-0.4, -0.2) is 24.8 Å². The Balaban J connectivity index is 1.78. The maximum absolute atomic E-state index is 12.6. The van der Waals surface area contributed by atoms with Gasteiger partial charge in [0.15, 0.2) is 0 Å². The highest BCUT2D eigenvalue weighted by Gasteiger charge is 2.25. The molecule has 2 N–H and O–H groups in total. The topological polar surface area (TPSA) is 88.2 Å². The minimum Gasteiger partial charge on any atom is -0.346 e. The predicted molar refractivity (Wildman–Crippen MR) is 112 cm³/mol. The van der Waals surface area contributed by atoms with Gasteiger partial charge in [0.2, 0.25) is 10.0 Å². The fourth-order valence-corrected chi connectivity index (χ4v) is 5.41. The first kappa shape index (κ1) is 20.7. The van der Waals surface area contributed by atoms with Crippen molar-refractivity contribution in [3.05, 3.63) is 58.1 Å². The van der Waals surface area contributed by atoms with Crippen molar-refractivity contribution >= 4 is 49.1 Å². The SMILES string of the molecule is CC(C)(C)NS(=O)(=O)c1cc(C(=O)NCc2nc3ccccc3s2)ccc1Cl. The third-order valence-electron chi connectivity index (χ3n) is 3.66. The van der Waals surface area contributed by atoms with Gasteiger partial charge in [0.05, 0.1) is 21.8 Å². The molecule has 0 saturated carbocycles. The number of hydrogen-bond donors (Lipinski definition) is 2. The van der Waals surface area contributed by atoms with Gasteiger partial charge >= 0.3 is 0 Å². The van der Waals surface area contributed by atoms with Crippen LogP contribution in [0.15, 0.2) is 47.4 Å². The molecule has 1 amide bonds. The van der Waals surface area contributed by atoms with E-state index in [1.165, 1.54) is 29.5 Å². The van der Waals surface area contributed by atoms with Crippen LogP contribution in [-0.2, 0) is 16.6 Å². The number of amides is 1. The van der Waals surface area contributed by atoms with E-state index >= 15 is 0 Å². The summed E-state index contributed by atoms with van der Waals surface area (Å²) in [5, 5.41) is 3.60. The molecule has 6 nitrogen and oxygen atoms in total. The highest BCUT2D eigenvalue weighted by Crippen LogP contribution is 2.24. The first-order valence-electron chi connectivity index (χ1n) is 8.51. The van der Waals surface area contributed by atoms with E-state index < -0.39 is 21.5 Å². The fourth-order valence-electron chi connectivity index (χ4n) is 2.56. The molecule has 0 unspecified atom stereocenters. The monoisotopic (exact) mass is 437 g/mol. The Morgan fingerprint density at radius 1 is 1.18 bits per heavy atom. The molecule has 0 bridgehead atoms. The van der Waals surface area contributed by atoms with E-state index in [0.29, 0.717) is 0 Å². The number of sulfonamides is 1. The van der Waals surface area contributed by atoms with Gasteiger partial charge in [0, 0.05) is 11.1 Å². The number of hydrogen-bond acceptors (Lipinski definition) is 5. The highest BCUT2D eigenvalue weighted by atomic mass is 35.5. The quantitative estimate of drug-likeness (QED) is 0.632. The van der Waals surface area contributed by atoms with Crippen LogP contribution in [0.2, 0.25) is 5.02 Å². The summed E-state index contributed by atoms with van der Waals surface area (Å²) in [7, 11) is -3.86. The van der Waals surface area contributed by atoms with E-state index in [0.717, 1.165) is 15.2 Å². The van der Waals surface area contributed by atoms with Crippen molar-refractivity contribution in [2.45, 2.75) is 37.8 Å². The maximum atomic E-state index is 12.6. The Kier molecular flexibility index (Phi) is 5.77. The van der Waals surface area contributed by atoms with E-state index in [2.05, 4.69) is 15.0 Å². The zero-order chi connectivity index (χ0) is 20.5. The van der Waals surface area contributed by atoms with Crippen LogP contribution in [0.4, 0.5) is 0 Å². The van der Waals surface area contributed by atoms with Gasteiger partial charge in [-0.25, -0.2) is 18.1 Å². The molecule has 0 aliphatic rings. The van der Waals surface area contributed by atoms with Crippen molar-refractivity contribution < 1.29 is 13.2 Å². The van der Waals surface area contributed by atoms with Crippen LogP contribution in [0.1, 0.15) is 36.1 Å². The van der Waals surface area contributed by atoms with Crippen LogP contribution in [0.5, 0.6) is 0 Å². The Bertz CT molecular complexity index is 1100. The standard InChI is InChI=1S/C19H20ClN3O3S2/c1-19(2,3)23-28(25,26)16-10-12(8-9-13(16)20)18(24)21-11-17-22-14-6-4-5-7-15(14)27-17/h4-10,23H,11H2,1-3H3,(H,21,24). The molecular weight excluding hydrogens is 418 g/mol. The predicted octanol–water partition coefficient (Wildman–Crippen LogP) is 3.96. The number of para-hydroxylation sites is 1. The maximum Gasteiger partial charge on any atom is 0.251 e. The Labute approximate surface area is 173 Å². The summed E-state index contributed by atoms with van der Waals surface area (Å²) in [5.41, 5.74) is 0.414. The molecule has 0 spiro atoms. The van der Waals surface area contributed by atoms with Gasteiger partial charge in [-0.2, -0.15) is 0 Å². The third-order valence-corrected chi connectivity index (χ3v) is 6.94. The summed E-state index contributed by atoms with van der Waals surface area (Å²) in [6.07, 6.45) is 0. The van der Waals surface area contributed by atoms with E-state index in [1.807, 2.05) is 24.3 Å². The van der Waals surface area contributed by atoms with Gasteiger partial charge in [0.1, 0.15) is 9.90 Å². The van der Waals surface area contributed by atoms with Gasteiger partial charge in [0.25, 0.3) is 5.91 Å². The number of carbonyl (C=O) groups excluding carboxylic acids is 1. The molecule has 28 heavy (non-hydrogen) atoms. The van der Waals surface area contributed by atoms with Crippen molar-refractivity contribution in [1.29, 1.82) is 0 Å². The van der Waals surface area contributed by atoms with E-state index in [9.17, 15) is 13.2 Å². The molecule has 9 heteroatoms. The van der Waals surface area contributed by atoms with Crippen LogP contribution in [0, 0.1) is 0 Å². The lowest BCUT2D eigenvalue weighted by atomic mass is 10.1. The Hall–Kier alpha value is -2.00. The lowest BCUT2D eigenvalue weighted by Crippen LogP contribution is -2.40. The second kappa shape index (κ2) is 7.79. The zero-order valence-corrected chi connectivity index (χ0v) is 18.0. The normalized spacial score (nSPS) is 12.3. The van der Waals surface area contributed by atoms with Crippen LogP contribution in [0.3, 0.4) is 0 Å². The molecule has 3 aromatic rings. The van der Waals surface area contributed by atoms with Crippen LogP contribution < -0.4 is 10.0 Å². The summed E-state index contributed by atoms with van der Waals surface area (Å²) in [5.74, 6) is -0.400. The van der Waals surface area contributed by atoms with Crippen molar-refractivity contribution in [2.75, 3.05) is 0 Å². The molecular formula is C19H20ClN3O3S2. The van der Waals surface area contributed by atoms with E-state index in [1.54, 1.807) is 20.8 Å². The van der Waals surface area contributed by atoms with Gasteiger partial charge < -0.3 is 5.32 Å². The highest BCUT2D eigenvalue weighted by molar-refractivity contribution is 7.89. The smallest absolute Gasteiger partial charge is 0.251 e. The average molecular weight is 438 g/mol. The molecule has 0 saturated heterocycles. The largest absolute Gasteiger partial charge is 0.346 e. The minimum absolute atomic E-state index is 0.0551. The summed E-state index contributed by atoms with van der Waals surface area (Å²) in [6.45, 7) is 5.44. The molecule has 0 radical (unpaired) electrons. The van der Waals surface area contributed by atoms with Gasteiger partial charge in [-0.1, -0.05) is 23.7 Å². The molecule has 148 valence electrons. The number of nitrogens with one attached hydrogen (secondary N) is 2. The van der Waals surface area contributed by atoms with Crippen molar-refractivity contribution in [2.24, 2.45) is 0 Å². The first-order chi connectivity index (χ1) is 13.0. The fraction of sp³-hybridized carbons (Fsp3) is 0.263. The lowest BCUT2D eigenvalue weighted by Gasteiger charge is -2.21. The molecule has 0 aliphatic heterocycles. The number of rotatable bonds is 5. The Morgan fingerprint density at radius 2 is 1.89 bits per heavy atom. The summed E-state index contributed by atoms with van der Waals surface area (Å²) >= 11 is 7.57. The first-order valence-corrected chi connectivity index (χ1v) is 11.2. The second-order valence-electron chi connectivity index (χ2n) is 7.26. The van der Waals surface area contributed by atoms with Crippen molar-refractivity contribution in [3.8, 4) is 0 Å². The number of nitrogens with zero attached hydrogens (tertiary/aromatic N) is 1. The molecule has 0 fully saturated rings. The van der Waals surface area contributed by atoms with Gasteiger partial charge in [-0.3, -0.25) is 4.79 Å². The molecule has 3 rings (SSSR count). The summed E-state index contributed by atoms with van der Waals surface area (Å²) in [6, 6.07) is 11.9. The molecule has 1 heterocycles. The second-order valence-corrected chi connectivity index (χ2v) is 10.4. The molecule has 0 atom stereocenters. The number of carbonyl (C=O) groups is 1. The van der Waals surface area contributed by atoms with Crippen molar-refractivity contribution in [1.82, 2.24) is 15.0 Å². The number of aromatic nitrogens is 1. The minimum atomic E-state index is -3.86. The lowest BCUT2D eigenvalue weighted by molar-refractivity contribution is 0.0950. The zero-order valence-electron chi connectivity index (χ0n) is 15.6.